The first kappa shape index (κ1) is 11.4. The zero-order valence-corrected chi connectivity index (χ0v) is 10.4. The lowest BCUT2D eigenvalue weighted by atomic mass is 9.97. The predicted molar refractivity (Wildman–Crippen MR) is 62.6 cm³/mol. The van der Waals surface area contributed by atoms with E-state index in [2.05, 4.69) is 29.8 Å². The van der Waals surface area contributed by atoms with Crippen molar-refractivity contribution in [3.05, 3.63) is 33.3 Å². The van der Waals surface area contributed by atoms with Gasteiger partial charge >= 0.3 is 0 Å². The van der Waals surface area contributed by atoms with Gasteiger partial charge in [0.15, 0.2) is 0 Å². The molecule has 1 rings (SSSR count). The minimum absolute atomic E-state index is 0.220. The van der Waals surface area contributed by atoms with E-state index in [1.165, 1.54) is 11.1 Å². The van der Waals surface area contributed by atoms with Crippen molar-refractivity contribution in [3.8, 4) is 0 Å². The van der Waals surface area contributed by atoms with E-state index < -0.39 is 0 Å². The molecule has 0 radical (unpaired) electrons. The molecule has 0 N–H and O–H groups in total. The second-order valence-corrected chi connectivity index (χ2v) is 4.40. The summed E-state index contributed by atoms with van der Waals surface area (Å²) in [6.07, 6.45) is 1.55. The molecule has 1 nitrogen and oxygen atoms in total. The fourth-order valence-corrected chi connectivity index (χ4v) is 2.38. The zero-order chi connectivity index (χ0) is 10.7. The monoisotopic (exact) mass is 254 g/mol. The summed E-state index contributed by atoms with van der Waals surface area (Å²) in [5, 5.41) is 0. The number of hydrogen-bond donors (Lipinski definition) is 0. The molecule has 76 valence electrons. The summed E-state index contributed by atoms with van der Waals surface area (Å²) in [6, 6.07) is 4.06. The third-order valence-corrected chi connectivity index (χ3v) is 3.19. The van der Waals surface area contributed by atoms with Crippen LogP contribution in [0, 0.1) is 6.92 Å². The van der Waals surface area contributed by atoms with Gasteiger partial charge in [0.25, 0.3) is 0 Å². The van der Waals surface area contributed by atoms with E-state index in [1.807, 2.05) is 12.1 Å². The quantitative estimate of drug-likeness (QED) is 0.808. The van der Waals surface area contributed by atoms with Crippen LogP contribution >= 0.6 is 15.9 Å². The van der Waals surface area contributed by atoms with E-state index in [0.29, 0.717) is 6.42 Å². The molecule has 0 fully saturated rings. The Labute approximate surface area is 93.7 Å². The van der Waals surface area contributed by atoms with Gasteiger partial charge in [-0.25, -0.2) is 0 Å². The van der Waals surface area contributed by atoms with E-state index >= 15 is 0 Å². The molecule has 1 aromatic rings. The molecular formula is C12H15BrO. The lowest BCUT2D eigenvalue weighted by molar-refractivity contribution is -0.116. The number of benzene rings is 1. The lowest BCUT2D eigenvalue weighted by Crippen LogP contribution is -2.01. The maximum atomic E-state index is 11.0. The maximum Gasteiger partial charge on any atom is 0.134 e. The Morgan fingerprint density at radius 1 is 1.43 bits per heavy atom. The van der Waals surface area contributed by atoms with Crippen molar-refractivity contribution in [2.24, 2.45) is 0 Å². The highest BCUT2D eigenvalue weighted by molar-refractivity contribution is 9.10. The van der Waals surface area contributed by atoms with Gasteiger partial charge in [-0.15, -0.1) is 0 Å². The topological polar surface area (TPSA) is 17.1 Å². The van der Waals surface area contributed by atoms with Gasteiger partial charge in [0.2, 0.25) is 0 Å². The molecule has 0 aliphatic rings. The molecule has 0 amide bonds. The fourth-order valence-electron chi connectivity index (χ4n) is 1.67. The average molecular weight is 255 g/mol. The van der Waals surface area contributed by atoms with Crippen molar-refractivity contribution >= 4 is 21.7 Å². The molecule has 0 saturated heterocycles. The predicted octanol–water partition coefficient (Wildman–Crippen LogP) is 3.45. The number of Topliss-reactive ketones (excluding diaryl/α,β-unsaturated/α-hetero) is 1. The van der Waals surface area contributed by atoms with Crippen LogP contribution in [0.25, 0.3) is 0 Å². The van der Waals surface area contributed by atoms with Crippen LogP contribution in [-0.4, -0.2) is 5.78 Å². The van der Waals surface area contributed by atoms with Gasteiger partial charge in [-0.2, -0.15) is 0 Å². The number of halogens is 1. The summed E-state index contributed by atoms with van der Waals surface area (Å²) in [5.41, 5.74) is 3.71. The minimum atomic E-state index is 0.220. The highest BCUT2D eigenvalue weighted by atomic mass is 79.9. The smallest absolute Gasteiger partial charge is 0.134 e. The van der Waals surface area contributed by atoms with Crippen molar-refractivity contribution < 1.29 is 4.79 Å². The number of rotatable bonds is 3. The molecule has 1 aromatic carbocycles. The maximum absolute atomic E-state index is 11.0. The molecule has 0 atom stereocenters. The van der Waals surface area contributed by atoms with Crippen LogP contribution in [0.2, 0.25) is 0 Å². The minimum Gasteiger partial charge on any atom is -0.300 e. The van der Waals surface area contributed by atoms with Gasteiger partial charge < -0.3 is 0 Å². The molecule has 0 aliphatic carbocycles. The van der Waals surface area contributed by atoms with Crippen molar-refractivity contribution in [3.63, 3.8) is 0 Å². The van der Waals surface area contributed by atoms with E-state index in [-0.39, 0.29) is 5.78 Å². The number of carbonyl (C=O) groups excluding carboxylic acids is 1. The number of carbonyl (C=O) groups is 1. The fraction of sp³-hybridized carbons (Fsp3) is 0.417. The molecule has 0 aliphatic heterocycles. The molecule has 14 heavy (non-hydrogen) atoms. The lowest BCUT2D eigenvalue weighted by Gasteiger charge is -2.10. The Morgan fingerprint density at radius 3 is 2.57 bits per heavy atom. The largest absolute Gasteiger partial charge is 0.300 e. The summed E-state index contributed by atoms with van der Waals surface area (Å²) in [7, 11) is 0. The normalized spacial score (nSPS) is 10.3. The van der Waals surface area contributed by atoms with E-state index in [9.17, 15) is 4.79 Å². The third kappa shape index (κ3) is 2.44. The van der Waals surface area contributed by atoms with E-state index in [0.717, 1.165) is 16.5 Å². The van der Waals surface area contributed by atoms with Gasteiger partial charge in [0.1, 0.15) is 5.78 Å². The first-order chi connectivity index (χ1) is 6.56. The summed E-state index contributed by atoms with van der Waals surface area (Å²) >= 11 is 3.52. The number of hydrogen-bond acceptors (Lipinski definition) is 1. The van der Waals surface area contributed by atoms with Crippen molar-refractivity contribution in [1.29, 1.82) is 0 Å². The van der Waals surface area contributed by atoms with Crippen LogP contribution in [-0.2, 0) is 17.6 Å². The summed E-state index contributed by atoms with van der Waals surface area (Å²) in [4.78, 5) is 11.0. The Morgan fingerprint density at radius 2 is 2.07 bits per heavy atom. The average Bonchev–Trinajstić information content (AvgIpc) is 2.10. The van der Waals surface area contributed by atoms with E-state index in [1.54, 1.807) is 6.92 Å². The first-order valence-electron chi connectivity index (χ1n) is 4.82. The summed E-state index contributed by atoms with van der Waals surface area (Å²) in [6.45, 7) is 5.85. The van der Waals surface area contributed by atoms with Crippen LogP contribution in [0.1, 0.15) is 30.5 Å². The summed E-state index contributed by atoms with van der Waals surface area (Å²) in [5.74, 6) is 0.220. The van der Waals surface area contributed by atoms with Crippen LogP contribution < -0.4 is 0 Å². The van der Waals surface area contributed by atoms with Gasteiger partial charge in [-0.1, -0.05) is 28.9 Å². The number of ketones is 1. The van der Waals surface area contributed by atoms with Crippen molar-refractivity contribution in [2.45, 2.75) is 33.6 Å². The van der Waals surface area contributed by atoms with E-state index in [4.69, 9.17) is 0 Å². The summed E-state index contributed by atoms with van der Waals surface area (Å²) < 4.78 is 1.14. The second-order valence-electron chi connectivity index (χ2n) is 3.54. The van der Waals surface area contributed by atoms with Gasteiger partial charge in [-0.05, 0) is 43.0 Å². The zero-order valence-electron chi connectivity index (χ0n) is 8.86. The second kappa shape index (κ2) is 4.74. The molecule has 2 heteroatoms. The van der Waals surface area contributed by atoms with Crippen molar-refractivity contribution in [1.82, 2.24) is 0 Å². The molecule has 0 heterocycles. The Bertz CT molecular complexity index is 356. The molecule has 0 aromatic heterocycles. The van der Waals surface area contributed by atoms with Gasteiger partial charge in [-0.3, -0.25) is 4.79 Å². The molecule has 0 unspecified atom stereocenters. The van der Waals surface area contributed by atoms with Crippen molar-refractivity contribution in [2.75, 3.05) is 0 Å². The first-order valence-corrected chi connectivity index (χ1v) is 5.61. The molecule has 0 saturated carbocycles. The Hall–Kier alpha value is -0.630. The van der Waals surface area contributed by atoms with Crippen LogP contribution in [0.15, 0.2) is 16.6 Å². The van der Waals surface area contributed by atoms with Crippen LogP contribution in [0.5, 0.6) is 0 Å². The molecule has 0 bridgehead atoms. The molecular weight excluding hydrogens is 240 g/mol. The van der Waals surface area contributed by atoms with Crippen LogP contribution in [0.3, 0.4) is 0 Å². The van der Waals surface area contributed by atoms with Gasteiger partial charge in [0.05, 0.1) is 0 Å². The highest BCUT2D eigenvalue weighted by Gasteiger charge is 2.07. The Kier molecular flexibility index (Phi) is 3.87. The standard InChI is InChI=1S/C12H15BrO/c1-4-11-9(3)10(7-8(2)14)5-6-12(11)13/h5-6H,4,7H2,1-3H3. The molecule has 0 spiro atoms. The SMILES string of the molecule is CCc1c(Br)ccc(CC(C)=O)c1C. The van der Waals surface area contributed by atoms with Crippen LogP contribution in [0.4, 0.5) is 0 Å². The Balaban J connectivity index is 3.14. The highest BCUT2D eigenvalue weighted by Crippen LogP contribution is 2.24. The van der Waals surface area contributed by atoms with Gasteiger partial charge in [0, 0.05) is 10.9 Å². The third-order valence-electron chi connectivity index (χ3n) is 2.45.